The summed E-state index contributed by atoms with van der Waals surface area (Å²) in [7, 11) is 1.72. The van der Waals surface area contributed by atoms with E-state index in [0.717, 1.165) is 25.7 Å². The van der Waals surface area contributed by atoms with Crippen LogP contribution in [0.5, 0.6) is 0 Å². The van der Waals surface area contributed by atoms with Crippen LogP contribution in [0.25, 0.3) is 0 Å². The molecule has 2 unspecified atom stereocenters. The highest BCUT2D eigenvalue weighted by molar-refractivity contribution is 14.0. The molecule has 0 aromatic heterocycles. The van der Waals surface area contributed by atoms with Gasteiger partial charge in [0.25, 0.3) is 0 Å². The summed E-state index contributed by atoms with van der Waals surface area (Å²) in [6, 6.07) is 3.81. The van der Waals surface area contributed by atoms with Gasteiger partial charge in [-0.3, -0.25) is 4.99 Å². The molecule has 2 rings (SSSR count). The van der Waals surface area contributed by atoms with Crippen molar-refractivity contribution in [2.45, 2.75) is 39.7 Å². The van der Waals surface area contributed by atoms with Crippen LogP contribution in [0, 0.1) is 23.5 Å². The Morgan fingerprint density at radius 3 is 2.63 bits per heavy atom. The predicted octanol–water partition coefficient (Wildman–Crippen LogP) is 4.18. The van der Waals surface area contributed by atoms with Crippen LogP contribution < -0.4 is 10.6 Å². The van der Waals surface area contributed by atoms with Gasteiger partial charge in [-0.05, 0) is 55.8 Å². The van der Waals surface area contributed by atoms with Gasteiger partial charge in [0.15, 0.2) is 17.6 Å². The van der Waals surface area contributed by atoms with Gasteiger partial charge in [-0.25, -0.2) is 8.78 Å². The van der Waals surface area contributed by atoms with Crippen LogP contribution in [0.3, 0.4) is 0 Å². The average molecular weight is 494 g/mol. The molecule has 1 aliphatic heterocycles. The highest BCUT2D eigenvalue weighted by atomic mass is 127. The van der Waals surface area contributed by atoms with Crippen molar-refractivity contribution in [3.8, 4) is 0 Å². The Balaban J connectivity index is 0.00000364. The minimum atomic E-state index is -0.827. The zero-order chi connectivity index (χ0) is 19.1. The number of nitrogens with one attached hydrogen (secondary N) is 2. The van der Waals surface area contributed by atoms with Gasteiger partial charge in [-0.2, -0.15) is 0 Å². The molecule has 1 fully saturated rings. The molecule has 0 spiro atoms. The van der Waals surface area contributed by atoms with Crippen molar-refractivity contribution < 1.29 is 8.78 Å². The predicted molar refractivity (Wildman–Crippen MR) is 119 cm³/mol. The number of likely N-dealkylation sites (tertiary alicyclic amines) is 1. The highest BCUT2D eigenvalue weighted by Gasteiger charge is 2.20. The fraction of sp³-hybridized carbons (Fsp3) is 0.650. The Labute approximate surface area is 179 Å². The van der Waals surface area contributed by atoms with Crippen LogP contribution in [0.15, 0.2) is 23.2 Å². The molecule has 1 saturated heterocycles. The van der Waals surface area contributed by atoms with Crippen molar-refractivity contribution in [2.75, 3.05) is 33.2 Å². The van der Waals surface area contributed by atoms with E-state index in [1.807, 2.05) is 6.92 Å². The molecule has 1 aromatic carbocycles. The molecular formula is C20H33F2IN4. The summed E-state index contributed by atoms with van der Waals surface area (Å²) in [6.07, 6.45) is 2.45. The lowest BCUT2D eigenvalue weighted by atomic mass is 9.97. The van der Waals surface area contributed by atoms with Crippen molar-refractivity contribution in [2.24, 2.45) is 16.8 Å². The number of nitrogens with zero attached hydrogens (tertiary/aromatic N) is 2. The molecule has 4 nitrogen and oxygen atoms in total. The molecule has 0 saturated carbocycles. The molecule has 27 heavy (non-hydrogen) atoms. The van der Waals surface area contributed by atoms with Gasteiger partial charge in [-0.15, -0.1) is 24.0 Å². The molecule has 1 heterocycles. The van der Waals surface area contributed by atoms with Crippen LogP contribution in [-0.4, -0.2) is 44.1 Å². The quantitative estimate of drug-likeness (QED) is 0.354. The zero-order valence-electron chi connectivity index (χ0n) is 16.8. The maximum atomic E-state index is 13.4. The fourth-order valence-electron chi connectivity index (χ4n) is 3.51. The minimum Gasteiger partial charge on any atom is -0.356 e. The van der Waals surface area contributed by atoms with Crippen LogP contribution in [0.1, 0.15) is 45.2 Å². The SMILES string of the molecule is CN=C(NCC1CCCN(CC(C)C)C1)NC(C)c1ccc(F)c(F)c1.I. The molecule has 2 atom stereocenters. The first-order valence-electron chi connectivity index (χ1n) is 9.53. The number of hydrogen-bond acceptors (Lipinski definition) is 2. The lowest BCUT2D eigenvalue weighted by Gasteiger charge is -2.34. The molecule has 154 valence electrons. The summed E-state index contributed by atoms with van der Waals surface area (Å²) in [4.78, 5) is 6.80. The Morgan fingerprint density at radius 1 is 1.26 bits per heavy atom. The third-order valence-electron chi connectivity index (χ3n) is 4.81. The van der Waals surface area contributed by atoms with E-state index < -0.39 is 11.6 Å². The number of benzene rings is 1. The van der Waals surface area contributed by atoms with E-state index in [0.29, 0.717) is 23.4 Å². The molecule has 7 heteroatoms. The standard InChI is InChI=1S/C20H32F2N4.HI/c1-14(2)12-26-9-5-6-16(13-26)11-24-20(23-4)25-15(3)17-7-8-18(21)19(22)10-17;/h7-8,10,14-16H,5-6,9,11-13H2,1-4H3,(H2,23,24,25);1H. The number of halogens is 3. The Hall–Kier alpha value is -0.960. The number of hydrogen-bond donors (Lipinski definition) is 2. The first-order valence-corrected chi connectivity index (χ1v) is 9.53. The van der Waals surface area contributed by atoms with Gasteiger partial charge in [0, 0.05) is 26.7 Å². The van der Waals surface area contributed by atoms with E-state index in [9.17, 15) is 8.78 Å². The lowest BCUT2D eigenvalue weighted by Crippen LogP contribution is -2.45. The Bertz CT molecular complexity index is 610. The second-order valence-corrected chi connectivity index (χ2v) is 7.65. The highest BCUT2D eigenvalue weighted by Crippen LogP contribution is 2.18. The number of piperidine rings is 1. The zero-order valence-corrected chi connectivity index (χ0v) is 19.1. The lowest BCUT2D eigenvalue weighted by molar-refractivity contribution is 0.159. The molecule has 0 aliphatic carbocycles. The summed E-state index contributed by atoms with van der Waals surface area (Å²) in [5, 5.41) is 6.63. The molecular weight excluding hydrogens is 461 g/mol. The van der Waals surface area contributed by atoms with Crippen molar-refractivity contribution in [3.05, 3.63) is 35.4 Å². The Kier molecular flexibility index (Phi) is 10.5. The topological polar surface area (TPSA) is 39.7 Å². The summed E-state index contributed by atoms with van der Waals surface area (Å²) in [5.74, 6) is 0.314. The van der Waals surface area contributed by atoms with Gasteiger partial charge in [0.1, 0.15) is 0 Å². The number of rotatable bonds is 6. The largest absolute Gasteiger partial charge is 0.356 e. The van der Waals surface area contributed by atoms with Crippen molar-refractivity contribution >= 4 is 29.9 Å². The van der Waals surface area contributed by atoms with Gasteiger partial charge in [-0.1, -0.05) is 19.9 Å². The van der Waals surface area contributed by atoms with E-state index in [1.54, 1.807) is 13.1 Å². The van der Waals surface area contributed by atoms with Crippen LogP contribution in [-0.2, 0) is 0 Å². The molecule has 0 amide bonds. The molecule has 0 radical (unpaired) electrons. The smallest absolute Gasteiger partial charge is 0.191 e. The van der Waals surface area contributed by atoms with Crippen molar-refractivity contribution in [1.82, 2.24) is 15.5 Å². The van der Waals surface area contributed by atoms with Gasteiger partial charge in [0.05, 0.1) is 6.04 Å². The summed E-state index contributed by atoms with van der Waals surface area (Å²) in [5.41, 5.74) is 0.688. The second kappa shape index (κ2) is 11.8. The third-order valence-corrected chi connectivity index (χ3v) is 4.81. The van der Waals surface area contributed by atoms with E-state index >= 15 is 0 Å². The average Bonchev–Trinajstić information content (AvgIpc) is 2.60. The summed E-state index contributed by atoms with van der Waals surface area (Å²) in [6.45, 7) is 10.7. The maximum Gasteiger partial charge on any atom is 0.191 e. The van der Waals surface area contributed by atoms with E-state index in [2.05, 4.69) is 34.4 Å². The van der Waals surface area contributed by atoms with Crippen LogP contribution in [0.2, 0.25) is 0 Å². The van der Waals surface area contributed by atoms with E-state index in [1.165, 1.54) is 25.5 Å². The normalized spacial score (nSPS) is 19.5. The second-order valence-electron chi connectivity index (χ2n) is 7.65. The monoisotopic (exact) mass is 494 g/mol. The van der Waals surface area contributed by atoms with Crippen LogP contribution in [0.4, 0.5) is 8.78 Å². The van der Waals surface area contributed by atoms with Crippen molar-refractivity contribution in [1.29, 1.82) is 0 Å². The van der Waals surface area contributed by atoms with Crippen molar-refractivity contribution in [3.63, 3.8) is 0 Å². The maximum absolute atomic E-state index is 13.4. The fourth-order valence-corrected chi connectivity index (χ4v) is 3.51. The number of guanidine groups is 1. The number of aliphatic imine (C=N–C) groups is 1. The van der Waals surface area contributed by atoms with Crippen LogP contribution >= 0.6 is 24.0 Å². The molecule has 0 bridgehead atoms. The first kappa shape index (κ1) is 24.1. The molecule has 1 aliphatic rings. The molecule has 1 aromatic rings. The van der Waals surface area contributed by atoms with Gasteiger partial charge in [0.2, 0.25) is 0 Å². The summed E-state index contributed by atoms with van der Waals surface area (Å²) >= 11 is 0. The van der Waals surface area contributed by atoms with Gasteiger partial charge >= 0.3 is 0 Å². The minimum absolute atomic E-state index is 0. The van der Waals surface area contributed by atoms with Gasteiger partial charge < -0.3 is 15.5 Å². The first-order chi connectivity index (χ1) is 12.4. The Morgan fingerprint density at radius 2 is 2.00 bits per heavy atom. The third kappa shape index (κ3) is 7.89. The molecule has 2 N–H and O–H groups in total. The van der Waals surface area contributed by atoms with E-state index in [4.69, 9.17) is 0 Å². The van der Waals surface area contributed by atoms with E-state index in [-0.39, 0.29) is 30.0 Å². The summed E-state index contributed by atoms with van der Waals surface area (Å²) < 4.78 is 26.5.